The first-order valence-corrected chi connectivity index (χ1v) is 13.1. The van der Waals surface area contributed by atoms with Crippen LogP contribution in [0.5, 0.6) is 0 Å². The summed E-state index contributed by atoms with van der Waals surface area (Å²) in [7, 11) is -7.21. The monoisotopic (exact) mass is 498 g/mol. The summed E-state index contributed by atoms with van der Waals surface area (Å²) in [6.45, 7) is 3.80. The van der Waals surface area contributed by atoms with Crippen LogP contribution in [-0.4, -0.2) is 55.1 Å². The highest BCUT2D eigenvalue weighted by Gasteiger charge is 2.15. The molecule has 0 fully saturated rings. The molecule has 0 saturated carbocycles. The van der Waals surface area contributed by atoms with Crippen LogP contribution < -0.4 is 9.44 Å². The van der Waals surface area contributed by atoms with Crippen molar-refractivity contribution in [1.82, 2.24) is 9.44 Å². The molecule has 12 heteroatoms. The summed E-state index contributed by atoms with van der Waals surface area (Å²) in [5.41, 5.74) is 0.380. The summed E-state index contributed by atoms with van der Waals surface area (Å²) in [5.74, 6) is -1.27. The average molecular weight is 499 g/mol. The molecule has 0 saturated heterocycles. The van der Waals surface area contributed by atoms with Crippen molar-refractivity contribution < 1.29 is 35.9 Å². The van der Waals surface area contributed by atoms with Crippen molar-refractivity contribution in [2.45, 2.75) is 30.1 Å². The predicted octanol–water partition coefficient (Wildman–Crippen LogP) is 1.69. The van der Waals surface area contributed by atoms with Gasteiger partial charge in [0.25, 0.3) is 0 Å². The molecule has 10 nitrogen and oxygen atoms in total. The van der Waals surface area contributed by atoms with Crippen LogP contribution in [0.25, 0.3) is 0 Å². The SMILES string of the molecule is CCNS(=O)(=O)c1ccc(C(=O)OCCCOC(=O)c2ccc(S(=O)(=O)NCC)cc2)cc1. The third-order valence-corrected chi connectivity index (χ3v) is 7.35. The summed E-state index contributed by atoms with van der Waals surface area (Å²) in [6, 6.07) is 10.7. The molecule has 33 heavy (non-hydrogen) atoms. The normalized spacial score (nSPS) is 11.7. The zero-order valence-electron chi connectivity index (χ0n) is 18.2. The third-order valence-electron chi connectivity index (χ3n) is 4.22. The van der Waals surface area contributed by atoms with Gasteiger partial charge in [-0.3, -0.25) is 0 Å². The predicted molar refractivity (Wildman–Crippen MR) is 120 cm³/mol. The molecule has 0 aliphatic heterocycles. The van der Waals surface area contributed by atoms with Gasteiger partial charge in [0.05, 0.1) is 34.1 Å². The highest BCUT2D eigenvalue weighted by Crippen LogP contribution is 2.13. The summed E-state index contributed by atoms with van der Waals surface area (Å²) < 4.78 is 62.5. The number of benzene rings is 2. The first-order valence-electron chi connectivity index (χ1n) is 10.1. The van der Waals surface area contributed by atoms with E-state index in [0.29, 0.717) is 0 Å². The Morgan fingerprint density at radius 3 is 1.30 bits per heavy atom. The minimum atomic E-state index is -3.60. The van der Waals surface area contributed by atoms with Crippen LogP contribution in [0.2, 0.25) is 0 Å². The number of esters is 2. The lowest BCUT2D eigenvalue weighted by molar-refractivity contribution is 0.0395. The molecule has 0 bridgehead atoms. The molecule has 0 aromatic heterocycles. The minimum absolute atomic E-state index is 0.0105. The molecule has 2 rings (SSSR count). The number of nitrogens with one attached hydrogen (secondary N) is 2. The number of hydrogen-bond donors (Lipinski definition) is 2. The molecule has 2 aromatic rings. The van der Waals surface area contributed by atoms with E-state index in [1.807, 2.05) is 0 Å². The Labute approximate surface area is 193 Å². The van der Waals surface area contributed by atoms with Gasteiger partial charge in [-0.2, -0.15) is 0 Å². The van der Waals surface area contributed by atoms with E-state index in [4.69, 9.17) is 9.47 Å². The lowest BCUT2D eigenvalue weighted by Gasteiger charge is -2.08. The van der Waals surface area contributed by atoms with Crippen molar-refractivity contribution in [1.29, 1.82) is 0 Å². The van der Waals surface area contributed by atoms with Crippen LogP contribution in [0.3, 0.4) is 0 Å². The standard InChI is InChI=1S/C21H26N2O8S2/c1-3-22-32(26,27)18-10-6-16(7-11-18)20(24)30-14-5-15-31-21(25)17-8-12-19(13-9-17)33(28,29)23-4-2/h6-13,22-23H,3-5,14-15H2,1-2H3. The van der Waals surface area contributed by atoms with Crippen LogP contribution in [0, 0.1) is 0 Å². The van der Waals surface area contributed by atoms with Gasteiger partial charge >= 0.3 is 11.9 Å². The van der Waals surface area contributed by atoms with Crippen LogP contribution in [-0.2, 0) is 29.5 Å². The fraction of sp³-hybridized carbons (Fsp3) is 0.333. The molecule has 0 amide bonds. The van der Waals surface area contributed by atoms with Crippen molar-refractivity contribution >= 4 is 32.0 Å². The van der Waals surface area contributed by atoms with Crippen molar-refractivity contribution in [3.8, 4) is 0 Å². The number of ether oxygens (including phenoxy) is 2. The molecule has 2 N–H and O–H groups in total. The lowest BCUT2D eigenvalue weighted by Crippen LogP contribution is -2.23. The molecule has 0 aliphatic carbocycles. The van der Waals surface area contributed by atoms with E-state index in [1.54, 1.807) is 13.8 Å². The van der Waals surface area contributed by atoms with Crippen LogP contribution in [0.1, 0.15) is 41.0 Å². The van der Waals surface area contributed by atoms with Crippen molar-refractivity contribution in [3.05, 3.63) is 59.7 Å². The number of rotatable bonds is 12. The Morgan fingerprint density at radius 1 is 0.667 bits per heavy atom. The molecule has 0 radical (unpaired) electrons. The number of sulfonamides is 2. The van der Waals surface area contributed by atoms with Gasteiger partial charge in [-0.25, -0.2) is 35.9 Å². The van der Waals surface area contributed by atoms with E-state index in [1.165, 1.54) is 48.5 Å². The van der Waals surface area contributed by atoms with E-state index < -0.39 is 32.0 Å². The summed E-state index contributed by atoms with van der Waals surface area (Å²) in [6.07, 6.45) is 0.247. The van der Waals surface area contributed by atoms with E-state index in [0.717, 1.165) is 0 Å². The summed E-state index contributed by atoms with van der Waals surface area (Å²) in [5, 5.41) is 0. The average Bonchev–Trinajstić information content (AvgIpc) is 2.78. The molecule has 0 aliphatic rings. The molecular formula is C21H26N2O8S2. The maximum absolute atomic E-state index is 12.1. The first-order chi connectivity index (χ1) is 15.6. The second-order valence-electron chi connectivity index (χ2n) is 6.68. The van der Waals surface area contributed by atoms with Crippen molar-refractivity contribution in [2.75, 3.05) is 26.3 Å². The van der Waals surface area contributed by atoms with Gasteiger partial charge in [0, 0.05) is 19.5 Å². The zero-order valence-corrected chi connectivity index (χ0v) is 19.9. The zero-order chi connectivity index (χ0) is 24.5. The highest BCUT2D eigenvalue weighted by atomic mass is 32.2. The maximum Gasteiger partial charge on any atom is 0.338 e. The van der Waals surface area contributed by atoms with Crippen LogP contribution >= 0.6 is 0 Å². The Kier molecular flexibility index (Phi) is 9.53. The number of carbonyl (C=O) groups excluding carboxylic acids is 2. The van der Waals surface area contributed by atoms with Gasteiger partial charge in [0.2, 0.25) is 20.0 Å². The van der Waals surface area contributed by atoms with Crippen molar-refractivity contribution in [2.24, 2.45) is 0 Å². The van der Waals surface area contributed by atoms with E-state index in [-0.39, 0.29) is 53.6 Å². The van der Waals surface area contributed by atoms with Gasteiger partial charge in [-0.05, 0) is 48.5 Å². The third kappa shape index (κ3) is 7.63. The topological polar surface area (TPSA) is 145 Å². The molecule has 0 spiro atoms. The smallest absolute Gasteiger partial charge is 0.338 e. The highest BCUT2D eigenvalue weighted by molar-refractivity contribution is 7.89. The van der Waals surface area contributed by atoms with E-state index in [2.05, 4.69) is 9.44 Å². The fourth-order valence-electron chi connectivity index (χ4n) is 2.64. The van der Waals surface area contributed by atoms with E-state index in [9.17, 15) is 26.4 Å². The largest absolute Gasteiger partial charge is 0.462 e. The Morgan fingerprint density at radius 2 is 1.00 bits per heavy atom. The van der Waals surface area contributed by atoms with Crippen LogP contribution in [0.4, 0.5) is 0 Å². The van der Waals surface area contributed by atoms with E-state index >= 15 is 0 Å². The van der Waals surface area contributed by atoms with Crippen molar-refractivity contribution in [3.63, 3.8) is 0 Å². The Hall–Kier alpha value is -2.80. The summed E-state index contributed by atoms with van der Waals surface area (Å²) >= 11 is 0. The Bertz CT molecular complexity index is 1070. The second kappa shape index (κ2) is 11.9. The second-order valence-corrected chi connectivity index (χ2v) is 10.2. The van der Waals surface area contributed by atoms with Gasteiger partial charge < -0.3 is 9.47 Å². The van der Waals surface area contributed by atoms with Gasteiger partial charge in [-0.1, -0.05) is 13.8 Å². The maximum atomic E-state index is 12.1. The molecular weight excluding hydrogens is 472 g/mol. The van der Waals surface area contributed by atoms with Gasteiger partial charge in [0.1, 0.15) is 0 Å². The Balaban J connectivity index is 1.78. The molecule has 2 aromatic carbocycles. The molecule has 0 unspecified atom stereocenters. The summed E-state index contributed by atoms with van der Waals surface area (Å²) in [4.78, 5) is 24.2. The fourth-order valence-corrected chi connectivity index (χ4v) is 4.72. The molecule has 0 heterocycles. The first kappa shape index (κ1) is 26.5. The van der Waals surface area contributed by atoms with Gasteiger partial charge in [-0.15, -0.1) is 0 Å². The molecule has 0 atom stereocenters. The number of carbonyl (C=O) groups is 2. The number of hydrogen-bond acceptors (Lipinski definition) is 8. The quantitative estimate of drug-likeness (QED) is 0.332. The van der Waals surface area contributed by atoms with Crippen LogP contribution in [0.15, 0.2) is 58.3 Å². The minimum Gasteiger partial charge on any atom is -0.462 e. The molecule has 180 valence electrons. The lowest BCUT2D eigenvalue weighted by atomic mass is 10.2. The van der Waals surface area contributed by atoms with Gasteiger partial charge in [0.15, 0.2) is 0 Å².